The van der Waals surface area contributed by atoms with E-state index in [1.807, 2.05) is 0 Å². The normalized spacial score (nSPS) is 10.2. The highest BCUT2D eigenvalue weighted by molar-refractivity contribution is 5.88. The van der Waals surface area contributed by atoms with Crippen LogP contribution in [0.25, 0.3) is 0 Å². The highest BCUT2D eigenvalue weighted by Gasteiger charge is 2.46. The molecule has 0 unspecified atom stereocenters. The fourth-order valence-electron chi connectivity index (χ4n) is 0.797. The molecular weight excluding hydrogens is 214 g/mol. The minimum absolute atomic E-state index is 0. The van der Waals surface area contributed by atoms with Crippen LogP contribution in [0, 0.1) is 0 Å². The van der Waals surface area contributed by atoms with Gasteiger partial charge in [-0.2, -0.15) is 4.89 Å². The van der Waals surface area contributed by atoms with Crippen LogP contribution >= 0.6 is 0 Å². The summed E-state index contributed by atoms with van der Waals surface area (Å²) in [6, 6.07) is 0. The molecule has 0 saturated carbocycles. The minimum Gasteiger partial charge on any atom is -0.481 e. The van der Waals surface area contributed by atoms with Crippen molar-refractivity contribution in [2.24, 2.45) is 0 Å². The molecule has 0 fully saturated rings. The van der Waals surface area contributed by atoms with Crippen molar-refractivity contribution in [3.05, 3.63) is 0 Å². The van der Waals surface area contributed by atoms with Crippen molar-refractivity contribution in [2.45, 2.75) is 18.4 Å². The second kappa shape index (κ2) is 5.90. The van der Waals surface area contributed by atoms with Gasteiger partial charge in [-0.15, -0.1) is 0 Å². The SMILES string of the molecule is N.[O]OC(CC(=O)O)(CC(=O)O)C(=O)O. The zero-order valence-corrected chi connectivity index (χ0v) is 7.50. The van der Waals surface area contributed by atoms with Crippen molar-refractivity contribution in [3.63, 3.8) is 0 Å². The molecule has 1 radical (unpaired) electrons. The van der Waals surface area contributed by atoms with Gasteiger partial charge in [-0.25, -0.2) is 4.79 Å². The van der Waals surface area contributed by atoms with Gasteiger partial charge in [0.2, 0.25) is 5.60 Å². The van der Waals surface area contributed by atoms with Gasteiger partial charge < -0.3 is 21.5 Å². The first-order valence-corrected chi connectivity index (χ1v) is 3.32. The largest absolute Gasteiger partial charge is 0.481 e. The van der Waals surface area contributed by atoms with Gasteiger partial charge >= 0.3 is 17.9 Å². The average molecular weight is 224 g/mol. The molecule has 0 bridgehead atoms. The zero-order chi connectivity index (χ0) is 11.4. The van der Waals surface area contributed by atoms with Crippen molar-refractivity contribution in [1.29, 1.82) is 0 Å². The van der Waals surface area contributed by atoms with Gasteiger partial charge in [0.15, 0.2) is 0 Å². The summed E-state index contributed by atoms with van der Waals surface area (Å²) >= 11 is 0. The Hall–Kier alpha value is -1.71. The monoisotopic (exact) mass is 224 g/mol. The van der Waals surface area contributed by atoms with E-state index in [9.17, 15) is 19.6 Å². The quantitative estimate of drug-likeness (QED) is 0.337. The molecule has 0 amide bonds. The smallest absolute Gasteiger partial charge is 0.340 e. The van der Waals surface area contributed by atoms with Gasteiger partial charge in [0, 0.05) is 0 Å². The Balaban J connectivity index is 0. The van der Waals surface area contributed by atoms with Crippen molar-refractivity contribution < 1.29 is 39.8 Å². The van der Waals surface area contributed by atoms with Gasteiger partial charge in [0.05, 0.1) is 12.8 Å². The third-order valence-electron chi connectivity index (χ3n) is 1.42. The lowest BCUT2D eigenvalue weighted by Gasteiger charge is -2.20. The molecule has 0 saturated heterocycles. The van der Waals surface area contributed by atoms with Crippen LogP contribution in [0.3, 0.4) is 0 Å². The second-order valence-corrected chi connectivity index (χ2v) is 2.52. The maximum atomic E-state index is 10.5. The van der Waals surface area contributed by atoms with Crippen LogP contribution in [-0.4, -0.2) is 38.8 Å². The number of carboxylic acids is 3. The lowest BCUT2D eigenvalue weighted by molar-refractivity contribution is -0.365. The zero-order valence-electron chi connectivity index (χ0n) is 7.50. The first kappa shape index (κ1) is 15.7. The highest BCUT2D eigenvalue weighted by atomic mass is 17.1. The maximum Gasteiger partial charge on any atom is 0.340 e. The van der Waals surface area contributed by atoms with E-state index in [-0.39, 0.29) is 6.15 Å². The van der Waals surface area contributed by atoms with E-state index >= 15 is 0 Å². The first-order valence-electron chi connectivity index (χ1n) is 3.32. The van der Waals surface area contributed by atoms with Crippen molar-refractivity contribution in [1.82, 2.24) is 6.15 Å². The Bertz CT molecular complexity index is 246. The van der Waals surface area contributed by atoms with Crippen molar-refractivity contribution >= 4 is 17.9 Å². The molecule has 0 aromatic heterocycles. The number of rotatable bonds is 6. The third-order valence-corrected chi connectivity index (χ3v) is 1.42. The summed E-state index contributed by atoms with van der Waals surface area (Å²) in [5.74, 6) is -5.19. The number of aliphatic carboxylic acids is 3. The van der Waals surface area contributed by atoms with Gasteiger partial charge in [-0.05, 0) is 5.26 Å². The molecule has 0 spiro atoms. The molecule has 0 aromatic rings. The van der Waals surface area contributed by atoms with Gasteiger partial charge in [-0.1, -0.05) is 0 Å². The van der Waals surface area contributed by atoms with E-state index in [0.717, 1.165) is 0 Å². The van der Waals surface area contributed by atoms with Gasteiger partial charge in [0.1, 0.15) is 0 Å². The molecule has 9 nitrogen and oxygen atoms in total. The summed E-state index contributed by atoms with van der Waals surface area (Å²) < 4.78 is 0. The van der Waals surface area contributed by atoms with E-state index < -0.39 is 36.4 Å². The second-order valence-electron chi connectivity index (χ2n) is 2.52. The Morgan fingerprint density at radius 2 is 1.33 bits per heavy atom. The Labute approximate surface area is 83.4 Å². The molecule has 0 aliphatic carbocycles. The van der Waals surface area contributed by atoms with Gasteiger partial charge in [-0.3, -0.25) is 9.59 Å². The number of carboxylic acid groups (broad SMARTS) is 3. The summed E-state index contributed by atoms with van der Waals surface area (Å²) in [7, 11) is 0. The Morgan fingerprint density at radius 3 is 1.47 bits per heavy atom. The van der Waals surface area contributed by atoms with E-state index in [1.165, 1.54) is 0 Å². The van der Waals surface area contributed by atoms with Crippen LogP contribution in [0.1, 0.15) is 12.8 Å². The maximum absolute atomic E-state index is 10.5. The molecule has 9 heteroatoms. The number of hydrogen-bond acceptors (Lipinski definition) is 5. The van der Waals surface area contributed by atoms with E-state index in [0.29, 0.717) is 0 Å². The summed E-state index contributed by atoms with van der Waals surface area (Å²) in [6.07, 6.45) is -2.42. The van der Waals surface area contributed by atoms with Gasteiger partial charge in [0.25, 0.3) is 0 Å². The topological polar surface area (TPSA) is 176 Å². The molecule has 0 aliphatic heterocycles. The number of hydrogen-bond donors (Lipinski definition) is 4. The van der Waals surface area contributed by atoms with Crippen LogP contribution < -0.4 is 6.15 Å². The molecular formula is C6H10NO8. The summed E-state index contributed by atoms with van der Waals surface area (Å²) in [4.78, 5) is 34.1. The Morgan fingerprint density at radius 1 is 1.00 bits per heavy atom. The summed E-state index contributed by atoms with van der Waals surface area (Å²) in [5.41, 5.74) is -2.75. The van der Waals surface area contributed by atoms with Crippen molar-refractivity contribution in [3.8, 4) is 0 Å². The fraction of sp³-hybridized carbons (Fsp3) is 0.500. The molecule has 0 heterocycles. The van der Waals surface area contributed by atoms with Crippen LogP contribution in [0.15, 0.2) is 0 Å². The van der Waals surface area contributed by atoms with E-state index in [1.54, 1.807) is 0 Å². The predicted octanol–water partition coefficient (Wildman–Crippen LogP) is -0.717. The van der Waals surface area contributed by atoms with Crippen LogP contribution in [0.2, 0.25) is 0 Å². The lowest BCUT2D eigenvalue weighted by Crippen LogP contribution is -2.44. The predicted molar refractivity (Wildman–Crippen MR) is 41.7 cm³/mol. The third kappa shape index (κ3) is 4.35. The number of carbonyl (C=O) groups is 3. The molecule has 6 N–H and O–H groups in total. The standard InChI is InChI=1S/C6H7O8.H3N/c7-3(8)1-6(14-13,5(11)12)2-4(9)10;/h1-2H2,(H,7,8)(H,9,10)(H,11,12);1H3. The first-order chi connectivity index (χ1) is 6.34. The molecule has 0 aliphatic rings. The van der Waals surface area contributed by atoms with Crippen LogP contribution in [0.4, 0.5) is 0 Å². The Kier molecular flexibility index (Phi) is 6.20. The molecule has 0 aromatic carbocycles. The minimum atomic E-state index is -2.75. The summed E-state index contributed by atoms with van der Waals surface area (Å²) in [5, 5.41) is 35.1. The van der Waals surface area contributed by atoms with E-state index in [2.05, 4.69) is 4.89 Å². The average Bonchev–Trinajstić information content (AvgIpc) is 2.00. The molecule has 0 rings (SSSR count). The fourth-order valence-corrected chi connectivity index (χ4v) is 0.797. The molecule has 87 valence electrons. The lowest BCUT2D eigenvalue weighted by atomic mass is 9.96. The van der Waals surface area contributed by atoms with Crippen LogP contribution in [-0.2, 0) is 24.5 Å². The van der Waals surface area contributed by atoms with Crippen LogP contribution in [0.5, 0.6) is 0 Å². The molecule has 15 heavy (non-hydrogen) atoms. The van der Waals surface area contributed by atoms with E-state index in [4.69, 9.17) is 15.3 Å². The highest BCUT2D eigenvalue weighted by Crippen LogP contribution is 2.20. The summed E-state index contributed by atoms with van der Waals surface area (Å²) in [6.45, 7) is 0. The molecule has 0 atom stereocenters. The van der Waals surface area contributed by atoms with Crippen molar-refractivity contribution in [2.75, 3.05) is 0 Å².